The van der Waals surface area contributed by atoms with Gasteiger partial charge in [0.25, 0.3) is 0 Å². The van der Waals surface area contributed by atoms with Crippen LogP contribution >= 0.6 is 0 Å². The highest BCUT2D eigenvalue weighted by atomic mass is 16.1. The molecule has 0 spiro atoms. The van der Waals surface area contributed by atoms with Crippen LogP contribution < -0.4 is 10.6 Å². The van der Waals surface area contributed by atoms with E-state index in [1.165, 1.54) is 0 Å². The van der Waals surface area contributed by atoms with Gasteiger partial charge >= 0.3 is 0 Å². The molecule has 0 bridgehead atoms. The van der Waals surface area contributed by atoms with Gasteiger partial charge in [0.15, 0.2) is 0 Å². The Balaban J connectivity index is 2.13. The number of aromatic nitrogens is 2. The highest BCUT2D eigenvalue weighted by Crippen LogP contribution is 2.17. The fourth-order valence-corrected chi connectivity index (χ4v) is 2.50. The van der Waals surface area contributed by atoms with Crippen LogP contribution in [0.4, 0.5) is 0 Å². The maximum absolute atomic E-state index is 12.0. The first-order valence-corrected chi connectivity index (χ1v) is 7.57. The van der Waals surface area contributed by atoms with E-state index in [-0.39, 0.29) is 11.8 Å². The molecule has 0 aliphatic carbocycles. The summed E-state index contributed by atoms with van der Waals surface area (Å²) in [7, 11) is 1.85. The molecule has 1 amide bonds. The van der Waals surface area contributed by atoms with Crippen molar-refractivity contribution in [3.8, 4) is 5.69 Å². The van der Waals surface area contributed by atoms with E-state index in [0.717, 1.165) is 22.6 Å². The Morgan fingerprint density at radius 2 is 1.95 bits per heavy atom. The number of amides is 1. The molecule has 1 heterocycles. The molecule has 2 N–H and O–H groups in total. The summed E-state index contributed by atoms with van der Waals surface area (Å²) in [6.07, 6.45) is 0. The summed E-state index contributed by atoms with van der Waals surface area (Å²) in [6, 6.07) is 10.0. The van der Waals surface area contributed by atoms with Crippen LogP contribution in [0.2, 0.25) is 0 Å². The molecule has 0 fully saturated rings. The number of carbonyl (C=O) groups is 1. The number of nitrogens with zero attached hydrogens (tertiary/aromatic N) is 2. The monoisotopic (exact) mass is 300 g/mol. The van der Waals surface area contributed by atoms with E-state index in [4.69, 9.17) is 0 Å². The van der Waals surface area contributed by atoms with Crippen LogP contribution in [0.3, 0.4) is 0 Å². The minimum absolute atomic E-state index is 0.0465. The van der Waals surface area contributed by atoms with Gasteiger partial charge in [0.2, 0.25) is 5.91 Å². The number of carbonyl (C=O) groups excluding carboxylic acids is 1. The first-order chi connectivity index (χ1) is 10.5. The van der Waals surface area contributed by atoms with Crippen LogP contribution in [-0.2, 0) is 11.3 Å². The molecular weight excluding hydrogens is 276 g/mol. The largest absolute Gasteiger partial charge is 0.352 e. The van der Waals surface area contributed by atoms with Gasteiger partial charge in [0.1, 0.15) is 0 Å². The molecule has 2 rings (SSSR count). The normalized spacial score (nSPS) is 12.2. The molecule has 1 aromatic carbocycles. The van der Waals surface area contributed by atoms with Crippen molar-refractivity contribution in [2.45, 2.75) is 27.3 Å². The molecular formula is C17H24N4O. The van der Waals surface area contributed by atoms with Gasteiger partial charge in [-0.2, -0.15) is 5.10 Å². The molecule has 22 heavy (non-hydrogen) atoms. The summed E-state index contributed by atoms with van der Waals surface area (Å²) in [5.41, 5.74) is 4.12. The van der Waals surface area contributed by atoms with Crippen molar-refractivity contribution >= 4 is 5.91 Å². The van der Waals surface area contributed by atoms with E-state index < -0.39 is 0 Å². The predicted octanol–water partition coefficient (Wildman–Crippen LogP) is 1.96. The van der Waals surface area contributed by atoms with Crippen molar-refractivity contribution in [1.29, 1.82) is 0 Å². The topological polar surface area (TPSA) is 59.0 Å². The number of hydrogen-bond donors (Lipinski definition) is 2. The SMILES string of the molecule is CNCC(C)C(=O)NCc1c(C)nn(-c2ccccc2)c1C. The van der Waals surface area contributed by atoms with Crippen molar-refractivity contribution < 1.29 is 4.79 Å². The lowest BCUT2D eigenvalue weighted by molar-refractivity contribution is -0.124. The Hall–Kier alpha value is -2.14. The number of hydrogen-bond acceptors (Lipinski definition) is 3. The number of aryl methyl sites for hydroxylation is 1. The first-order valence-electron chi connectivity index (χ1n) is 7.57. The number of nitrogens with one attached hydrogen (secondary N) is 2. The van der Waals surface area contributed by atoms with Gasteiger partial charge in [0.05, 0.1) is 11.4 Å². The van der Waals surface area contributed by atoms with Gasteiger partial charge in [-0.3, -0.25) is 4.79 Å². The lowest BCUT2D eigenvalue weighted by Gasteiger charge is -2.12. The zero-order valence-electron chi connectivity index (χ0n) is 13.7. The average Bonchev–Trinajstić information content (AvgIpc) is 2.81. The van der Waals surface area contributed by atoms with Crippen LogP contribution in [-0.4, -0.2) is 29.3 Å². The fraction of sp³-hybridized carbons (Fsp3) is 0.412. The van der Waals surface area contributed by atoms with E-state index in [0.29, 0.717) is 13.1 Å². The van der Waals surface area contributed by atoms with Crippen molar-refractivity contribution in [2.24, 2.45) is 5.92 Å². The van der Waals surface area contributed by atoms with Crippen LogP contribution in [0.15, 0.2) is 30.3 Å². The lowest BCUT2D eigenvalue weighted by Crippen LogP contribution is -2.34. The van der Waals surface area contributed by atoms with Crippen LogP contribution in [0.1, 0.15) is 23.9 Å². The Kier molecular flexibility index (Phi) is 5.33. The van der Waals surface area contributed by atoms with Crippen molar-refractivity contribution in [3.63, 3.8) is 0 Å². The highest BCUT2D eigenvalue weighted by molar-refractivity contribution is 5.78. The maximum Gasteiger partial charge on any atom is 0.224 e. The molecule has 5 nitrogen and oxygen atoms in total. The van der Waals surface area contributed by atoms with Crippen molar-refractivity contribution in [2.75, 3.05) is 13.6 Å². The van der Waals surface area contributed by atoms with E-state index in [2.05, 4.69) is 15.7 Å². The quantitative estimate of drug-likeness (QED) is 0.857. The average molecular weight is 300 g/mol. The summed E-state index contributed by atoms with van der Waals surface area (Å²) in [4.78, 5) is 12.0. The van der Waals surface area contributed by atoms with E-state index in [1.54, 1.807) is 0 Å². The highest BCUT2D eigenvalue weighted by Gasteiger charge is 2.16. The summed E-state index contributed by atoms with van der Waals surface area (Å²) in [5, 5.41) is 10.6. The van der Waals surface area contributed by atoms with Gasteiger partial charge in [0, 0.05) is 30.3 Å². The zero-order valence-corrected chi connectivity index (χ0v) is 13.7. The Morgan fingerprint density at radius 1 is 1.27 bits per heavy atom. The standard InChI is InChI=1S/C17H24N4O/c1-12(10-18-4)17(22)19-11-16-13(2)20-21(14(16)3)15-8-6-5-7-9-15/h5-9,12,18H,10-11H2,1-4H3,(H,19,22). The second-order valence-corrected chi connectivity index (χ2v) is 5.57. The van der Waals surface area contributed by atoms with Gasteiger partial charge < -0.3 is 10.6 Å². The first kappa shape index (κ1) is 16.2. The predicted molar refractivity (Wildman–Crippen MR) is 88.0 cm³/mol. The van der Waals surface area contributed by atoms with E-state index in [1.807, 2.05) is 62.8 Å². The number of para-hydroxylation sites is 1. The third-order valence-electron chi connectivity index (χ3n) is 3.84. The molecule has 5 heteroatoms. The molecule has 1 atom stereocenters. The molecule has 0 aliphatic rings. The number of rotatable bonds is 6. The Labute approximate surface area is 131 Å². The molecule has 0 aliphatic heterocycles. The minimum atomic E-state index is -0.0465. The van der Waals surface area contributed by atoms with Gasteiger partial charge in [-0.15, -0.1) is 0 Å². The second-order valence-electron chi connectivity index (χ2n) is 5.57. The zero-order chi connectivity index (χ0) is 16.1. The second kappa shape index (κ2) is 7.22. The smallest absolute Gasteiger partial charge is 0.224 e. The molecule has 1 aromatic heterocycles. The maximum atomic E-state index is 12.0. The minimum Gasteiger partial charge on any atom is -0.352 e. The third kappa shape index (κ3) is 3.54. The third-order valence-corrected chi connectivity index (χ3v) is 3.84. The summed E-state index contributed by atoms with van der Waals surface area (Å²) < 4.78 is 1.92. The van der Waals surface area contributed by atoms with Crippen LogP contribution in [0.25, 0.3) is 5.69 Å². The Bertz CT molecular complexity index is 634. The summed E-state index contributed by atoms with van der Waals surface area (Å²) in [5.74, 6) is 0.00962. The molecule has 0 radical (unpaired) electrons. The lowest BCUT2D eigenvalue weighted by atomic mass is 10.1. The van der Waals surface area contributed by atoms with Crippen molar-refractivity contribution in [1.82, 2.24) is 20.4 Å². The molecule has 0 saturated heterocycles. The van der Waals surface area contributed by atoms with E-state index in [9.17, 15) is 4.79 Å². The van der Waals surface area contributed by atoms with Crippen molar-refractivity contribution in [3.05, 3.63) is 47.3 Å². The summed E-state index contributed by atoms with van der Waals surface area (Å²) >= 11 is 0. The molecule has 1 unspecified atom stereocenters. The van der Waals surface area contributed by atoms with Gasteiger partial charge in [-0.1, -0.05) is 25.1 Å². The Morgan fingerprint density at radius 3 is 2.59 bits per heavy atom. The molecule has 2 aromatic rings. The number of benzene rings is 1. The molecule has 118 valence electrons. The summed E-state index contributed by atoms with van der Waals surface area (Å²) in [6.45, 7) is 7.11. The van der Waals surface area contributed by atoms with Crippen LogP contribution in [0.5, 0.6) is 0 Å². The fourth-order valence-electron chi connectivity index (χ4n) is 2.50. The van der Waals surface area contributed by atoms with Gasteiger partial charge in [-0.05, 0) is 33.0 Å². The van der Waals surface area contributed by atoms with Gasteiger partial charge in [-0.25, -0.2) is 4.68 Å². The molecule has 0 saturated carbocycles. The van der Waals surface area contributed by atoms with Crippen LogP contribution in [0, 0.1) is 19.8 Å². The van der Waals surface area contributed by atoms with E-state index >= 15 is 0 Å².